The lowest BCUT2D eigenvalue weighted by Gasteiger charge is -2.25. The van der Waals surface area contributed by atoms with E-state index in [2.05, 4.69) is 49.2 Å². The van der Waals surface area contributed by atoms with Crippen molar-refractivity contribution in [1.29, 1.82) is 0 Å². The molecule has 0 bridgehead atoms. The molecule has 0 aliphatic carbocycles. The summed E-state index contributed by atoms with van der Waals surface area (Å²) in [5.74, 6) is 0.0465. The Kier molecular flexibility index (Phi) is 4.51. The molecule has 2 heterocycles. The van der Waals surface area contributed by atoms with Gasteiger partial charge in [0.1, 0.15) is 5.69 Å². The third-order valence-electron chi connectivity index (χ3n) is 4.51. The van der Waals surface area contributed by atoms with Crippen LogP contribution < -0.4 is 0 Å². The van der Waals surface area contributed by atoms with Gasteiger partial charge in [0.25, 0.3) is 5.91 Å². The number of aryl methyl sites for hydroxylation is 3. The van der Waals surface area contributed by atoms with Crippen LogP contribution in [0.15, 0.2) is 24.3 Å². The van der Waals surface area contributed by atoms with Gasteiger partial charge >= 0.3 is 0 Å². The maximum Gasteiger partial charge on any atom is 0.274 e. The van der Waals surface area contributed by atoms with Crippen molar-refractivity contribution in [3.05, 3.63) is 52.3 Å². The number of carbonyl (C=O) groups excluding carboxylic acids is 1. The lowest BCUT2D eigenvalue weighted by molar-refractivity contribution is 0.0729. The van der Waals surface area contributed by atoms with Crippen LogP contribution in [-0.2, 0) is 6.42 Å². The van der Waals surface area contributed by atoms with E-state index in [4.69, 9.17) is 0 Å². The average Bonchev–Trinajstić information content (AvgIpc) is 3.15. The highest BCUT2D eigenvalue weighted by molar-refractivity contribution is 5.92. The quantitative estimate of drug-likeness (QED) is 0.929. The van der Waals surface area contributed by atoms with Crippen molar-refractivity contribution < 1.29 is 4.79 Å². The number of rotatable bonds is 4. The summed E-state index contributed by atoms with van der Waals surface area (Å²) in [5.41, 5.74) is 5.34. The minimum absolute atomic E-state index is 0.0465. The zero-order valence-corrected chi connectivity index (χ0v) is 14.2. The van der Waals surface area contributed by atoms with Crippen LogP contribution in [0.4, 0.5) is 0 Å². The highest BCUT2D eigenvalue weighted by atomic mass is 16.2. The molecule has 0 spiro atoms. The van der Waals surface area contributed by atoms with Crippen LogP contribution in [0.2, 0.25) is 0 Å². The van der Waals surface area contributed by atoms with Crippen molar-refractivity contribution in [3.63, 3.8) is 0 Å². The van der Waals surface area contributed by atoms with Gasteiger partial charge in [0.05, 0.1) is 6.04 Å². The highest BCUT2D eigenvalue weighted by Crippen LogP contribution is 2.33. The van der Waals surface area contributed by atoms with Crippen LogP contribution in [0.25, 0.3) is 0 Å². The first-order chi connectivity index (χ1) is 11.1. The summed E-state index contributed by atoms with van der Waals surface area (Å²) in [6.07, 6.45) is 4.06. The van der Waals surface area contributed by atoms with Crippen LogP contribution in [0.1, 0.15) is 65.1 Å². The third kappa shape index (κ3) is 3.31. The van der Waals surface area contributed by atoms with E-state index in [1.54, 1.807) is 0 Å². The lowest BCUT2D eigenvalue weighted by atomic mass is 9.99. The molecule has 1 saturated heterocycles. The molecule has 1 aromatic heterocycles. The zero-order valence-electron chi connectivity index (χ0n) is 14.2. The van der Waals surface area contributed by atoms with Gasteiger partial charge in [-0.1, -0.05) is 42.7 Å². The highest BCUT2D eigenvalue weighted by Gasteiger charge is 2.31. The Hall–Kier alpha value is -2.10. The molecule has 2 aromatic rings. The second-order valence-corrected chi connectivity index (χ2v) is 6.61. The van der Waals surface area contributed by atoms with Gasteiger partial charge in [0, 0.05) is 12.2 Å². The Labute approximate surface area is 137 Å². The van der Waals surface area contributed by atoms with E-state index in [1.165, 1.54) is 16.7 Å². The SMILES string of the molecule is CCCc1cc(C(=O)N2CCCC2c2cc(C)cc(C)c2)n[nH]1. The third-order valence-corrected chi connectivity index (χ3v) is 4.51. The van der Waals surface area contributed by atoms with Crippen LogP contribution >= 0.6 is 0 Å². The van der Waals surface area contributed by atoms with Gasteiger partial charge in [0.15, 0.2) is 0 Å². The summed E-state index contributed by atoms with van der Waals surface area (Å²) in [6.45, 7) is 7.16. The van der Waals surface area contributed by atoms with Crippen LogP contribution in [0.5, 0.6) is 0 Å². The number of benzene rings is 1. The van der Waals surface area contributed by atoms with Gasteiger partial charge in [-0.3, -0.25) is 9.89 Å². The van der Waals surface area contributed by atoms with Crippen molar-refractivity contribution in [3.8, 4) is 0 Å². The number of likely N-dealkylation sites (tertiary alicyclic amines) is 1. The predicted octanol–water partition coefficient (Wildman–Crippen LogP) is 3.96. The Morgan fingerprint density at radius 3 is 2.70 bits per heavy atom. The summed E-state index contributed by atoms with van der Waals surface area (Å²) in [5, 5.41) is 7.21. The first-order valence-electron chi connectivity index (χ1n) is 8.52. The molecule has 4 heteroatoms. The summed E-state index contributed by atoms with van der Waals surface area (Å²) in [7, 11) is 0. The van der Waals surface area contributed by atoms with Crippen molar-refractivity contribution in [1.82, 2.24) is 15.1 Å². The van der Waals surface area contributed by atoms with Gasteiger partial charge in [-0.2, -0.15) is 5.10 Å². The number of carbonyl (C=O) groups is 1. The molecule has 3 rings (SSSR count). The Morgan fingerprint density at radius 1 is 1.26 bits per heavy atom. The van der Waals surface area contributed by atoms with E-state index in [-0.39, 0.29) is 11.9 Å². The van der Waals surface area contributed by atoms with E-state index in [0.717, 1.165) is 37.9 Å². The van der Waals surface area contributed by atoms with Gasteiger partial charge in [-0.25, -0.2) is 0 Å². The zero-order chi connectivity index (χ0) is 16.4. The molecular weight excluding hydrogens is 286 g/mol. The summed E-state index contributed by atoms with van der Waals surface area (Å²) in [4.78, 5) is 14.8. The smallest absolute Gasteiger partial charge is 0.274 e. The maximum absolute atomic E-state index is 12.9. The van der Waals surface area contributed by atoms with E-state index >= 15 is 0 Å². The van der Waals surface area contributed by atoms with Crippen LogP contribution in [0.3, 0.4) is 0 Å². The molecule has 1 unspecified atom stereocenters. The van der Waals surface area contributed by atoms with E-state index < -0.39 is 0 Å². The molecule has 23 heavy (non-hydrogen) atoms. The number of aromatic nitrogens is 2. The summed E-state index contributed by atoms with van der Waals surface area (Å²) in [6, 6.07) is 8.66. The molecule has 1 N–H and O–H groups in total. The molecule has 122 valence electrons. The maximum atomic E-state index is 12.9. The number of nitrogens with one attached hydrogen (secondary N) is 1. The molecule has 4 nitrogen and oxygen atoms in total. The fourth-order valence-corrected chi connectivity index (χ4v) is 3.57. The minimum atomic E-state index is 0.0465. The van der Waals surface area contributed by atoms with Gasteiger partial charge in [0.2, 0.25) is 0 Å². The number of hydrogen-bond acceptors (Lipinski definition) is 2. The molecular formula is C19H25N3O. The summed E-state index contributed by atoms with van der Waals surface area (Å²) >= 11 is 0. The average molecular weight is 311 g/mol. The molecule has 1 aliphatic rings. The van der Waals surface area contributed by atoms with E-state index in [9.17, 15) is 4.79 Å². The van der Waals surface area contributed by atoms with E-state index in [1.807, 2.05) is 11.0 Å². The van der Waals surface area contributed by atoms with Crippen molar-refractivity contribution in [2.24, 2.45) is 0 Å². The molecule has 0 radical (unpaired) electrons. The topological polar surface area (TPSA) is 49.0 Å². The van der Waals surface area contributed by atoms with Crippen molar-refractivity contribution >= 4 is 5.91 Å². The number of H-pyrrole nitrogens is 1. The Bertz CT molecular complexity index is 684. The number of hydrogen-bond donors (Lipinski definition) is 1. The van der Waals surface area contributed by atoms with Crippen LogP contribution in [0, 0.1) is 13.8 Å². The second-order valence-electron chi connectivity index (χ2n) is 6.61. The molecule has 1 atom stereocenters. The lowest BCUT2D eigenvalue weighted by Crippen LogP contribution is -2.30. The molecule has 1 fully saturated rings. The monoisotopic (exact) mass is 311 g/mol. The van der Waals surface area contributed by atoms with Gasteiger partial charge in [-0.15, -0.1) is 0 Å². The molecule has 0 saturated carbocycles. The van der Waals surface area contributed by atoms with Crippen molar-refractivity contribution in [2.45, 2.75) is 52.5 Å². The van der Waals surface area contributed by atoms with Gasteiger partial charge < -0.3 is 4.90 Å². The fraction of sp³-hybridized carbons (Fsp3) is 0.474. The van der Waals surface area contributed by atoms with Crippen molar-refractivity contribution in [2.75, 3.05) is 6.54 Å². The minimum Gasteiger partial charge on any atom is -0.330 e. The van der Waals surface area contributed by atoms with Gasteiger partial charge in [-0.05, 0) is 44.7 Å². The predicted molar refractivity (Wildman–Crippen MR) is 91.5 cm³/mol. The number of amides is 1. The van der Waals surface area contributed by atoms with Crippen LogP contribution in [-0.4, -0.2) is 27.5 Å². The fourth-order valence-electron chi connectivity index (χ4n) is 3.57. The first kappa shape index (κ1) is 15.8. The standard InChI is InChI=1S/C19H25N3O/c1-4-6-16-12-17(21-20-16)19(23)22-8-5-7-18(22)15-10-13(2)9-14(3)11-15/h9-12,18H,4-8H2,1-3H3,(H,20,21). The molecule has 1 aliphatic heterocycles. The number of aromatic amines is 1. The largest absolute Gasteiger partial charge is 0.330 e. The van der Waals surface area contributed by atoms with E-state index in [0.29, 0.717) is 5.69 Å². The molecule has 1 amide bonds. The second kappa shape index (κ2) is 6.57. The number of nitrogens with zero attached hydrogens (tertiary/aromatic N) is 2. The first-order valence-corrected chi connectivity index (χ1v) is 8.52. The Morgan fingerprint density at radius 2 is 2.00 bits per heavy atom. The summed E-state index contributed by atoms with van der Waals surface area (Å²) < 4.78 is 0. The molecule has 1 aromatic carbocycles. The normalized spacial score (nSPS) is 17.7. The Balaban J connectivity index is 1.84.